The number of hydrogen-bond donors (Lipinski definition) is 1. The smallest absolute Gasteiger partial charge is 0.311 e. The quantitative estimate of drug-likeness (QED) is 0.909. The lowest BCUT2D eigenvalue weighted by molar-refractivity contribution is -0.138. The fourth-order valence-corrected chi connectivity index (χ4v) is 2.66. The lowest BCUT2D eigenvalue weighted by Crippen LogP contribution is -2.14. The van der Waals surface area contributed by atoms with E-state index in [1.807, 2.05) is 45.0 Å². The first-order valence-corrected chi connectivity index (χ1v) is 6.82. The number of rotatable bonds is 4. The van der Waals surface area contributed by atoms with Crippen molar-refractivity contribution in [2.24, 2.45) is 0 Å². The number of aryl methyl sites for hydroxylation is 3. The van der Waals surface area contributed by atoms with Gasteiger partial charge in [0.1, 0.15) is 0 Å². The van der Waals surface area contributed by atoms with Gasteiger partial charge in [-0.2, -0.15) is 0 Å². The minimum absolute atomic E-state index is 0.490. The molecule has 0 amide bonds. The van der Waals surface area contributed by atoms with Crippen molar-refractivity contribution in [3.8, 4) is 0 Å². The van der Waals surface area contributed by atoms with Crippen LogP contribution in [-0.4, -0.2) is 11.1 Å². The van der Waals surface area contributed by atoms with Crippen LogP contribution in [0.3, 0.4) is 0 Å². The molecule has 1 N–H and O–H groups in total. The molecule has 2 aromatic carbocycles. The van der Waals surface area contributed by atoms with Gasteiger partial charge in [-0.05, 0) is 38.3 Å². The summed E-state index contributed by atoms with van der Waals surface area (Å²) in [4.78, 5) is 11.6. The summed E-state index contributed by atoms with van der Waals surface area (Å²) < 4.78 is 0. The Morgan fingerprint density at radius 3 is 2.20 bits per heavy atom. The van der Waals surface area contributed by atoms with E-state index in [0.717, 1.165) is 16.7 Å². The topological polar surface area (TPSA) is 37.3 Å². The Labute approximate surface area is 120 Å². The summed E-state index contributed by atoms with van der Waals surface area (Å²) in [6.45, 7) is 6.07. The average molecular weight is 268 g/mol. The number of carboxylic acid groups (broad SMARTS) is 1. The second kappa shape index (κ2) is 5.91. The normalized spacial score (nSPS) is 12.2. The monoisotopic (exact) mass is 268 g/mol. The summed E-state index contributed by atoms with van der Waals surface area (Å²) in [6, 6.07) is 14.0. The number of hydrogen-bond acceptors (Lipinski definition) is 1. The molecule has 2 heteroatoms. The summed E-state index contributed by atoms with van der Waals surface area (Å²) in [6.07, 6.45) is 0.529. The van der Waals surface area contributed by atoms with Gasteiger partial charge < -0.3 is 5.11 Å². The van der Waals surface area contributed by atoms with Crippen LogP contribution in [-0.2, 0) is 11.2 Å². The lowest BCUT2D eigenvalue weighted by Gasteiger charge is -2.14. The molecule has 0 aliphatic rings. The first-order valence-electron chi connectivity index (χ1n) is 6.82. The Morgan fingerprint density at radius 1 is 1.00 bits per heavy atom. The number of benzene rings is 2. The lowest BCUT2D eigenvalue weighted by atomic mass is 9.90. The van der Waals surface area contributed by atoms with Gasteiger partial charge in [-0.3, -0.25) is 4.79 Å². The molecule has 0 saturated heterocycles. The van der Waals surface area contributed by atoms with Gasteiger partial charge in [0, 0.05) is 0 Å². The molecule has 0 saturated carbocycles. The highest BCUT2D eigenvalue weighted by atomic mass is 16.4. The Bertz CT molecular complexity index is 609. The first kappa shape index (κ1) is 14.3. The van der Waals surface area contributed by atoms with Gasteiger partial charge in [0.2, 0.25) is 0 Å². The minimum atomic E-state index is -0.769. The van der Waals surface area contributed by atoms with E-state index in [0.29, 0.717) is 6.42 Å². The molecule has 0 radical (unpaired) electrons. The van der Waals surface area contributed by atoms with Crippen molar-refractivity contribution >= 4 is 5.97 Å². The molecule has 2 aromatic rings. The highest BCUT2D eigenvalue weighted by Gasteiger charge is 2.20. The summed E-state index contributed by atoms with van der Waals surface area (Å²) in [7, 11) is 0. The molecule has 20 heavy (non-hydrogen) atoms. The highest BCUT2D eigenvalue weighted by molar-refractivity contribution is 5.76. The second-order valence-corrected chi connectivity index (χ2v) is 5.51. The summed E-state index contributed by atoms with van der Waals surface area (Å²) in [5.41, 5.74) is 5.39. The number of aliphatic carboxylic acids is 1. The Morgan fingerprint density at radius 2 is 1.65 bits per heavy atom. The Kier molecular flexibility index (Phi) is 4.23. The van der Waals surface area contributed by atoms with Crippen molar-refractivity contribution in [3.63, 3.8) is 0 Å². The molecule has 2 rings (SSSR count). The van der Waals surface area contributed by atoms with E-state index < -0.39 is 11.9 Å². The van der Waals surface area contributed by atoms with Gasteiger partial charge in [-0.1, -0.05) is 59.2 Å². The predicted octanol–water partition coefficient (Wildman–Crippen LogP) is 4.02. The SMILES string of the molecule is Cc1cc(C)cc(CC(C(=O)O)c2cccc(C)c2)c1. The molecule has 0 aromatic heterocycles. The average Bonchev–Trinajstić information content (AvgIpc) is 2.34. The molecular formula is C18H20O2. The highest BCUT2D eigenvalue weighted by Crippen LogP contribution is 2.23. The molecular weight excluding hydrogens is 248 g/mol. The first-order chi connectivity index (χ1) is 9.45. The van der Waals surface area contributed by atoms with Crippen LogP contribution >= 0.6 is 0 Å². The van der Waals surface area contributed by atoms with Gasteiger partial charge in [-0.25, -0.2) is 0 Å². The van der Waals surface area contributed by atoms with Crippen LogP contribution < -0.4 is 0 Å². The van der Waals surface area contributed by atoms with Gasteiger partial charge in [-0.15, -0.1) is 0 Å². The van der Waals surface area contributed by atoms with E-state index in [9.17, 15) is 9.90 Å². The molecule has 2 nitrogen and oxygen atoms in total. The zero-order valence-corrected chi connectivity index (χ0v) is 12.2. The fourth-order valence-electron chi connectivity index (χ4n) is 2.66. The van der Waals surface area contributed by atoms with E-state index in [4.69, 9.17) is 0 Å². The number of carbonyl (C=O) groups is 1. The third kappa shape index (κ3) is 3.47. The van der Waals surface area contributed by atoms with Gasteiger partial charge >= 0.3 is 5.97 Å². The zero-order valence-electron chi connectivity index (χ0n) is 12.2. The van der Waals surface area contributed by atoms with Crippen LogP contribution in [0.1, 0.15) is 33.7 Å². The standard InChI is InChI=1S/C18H20O2/c1-12-5-4-6-16(10-12)17(18(19)20)11-15-8-13(2)7-14(3)9-15/h4-10,17H,11H2,1-3H3,(H,19,20). The van der Waals surface area contributed by atoms with Crippen LogP contribution in [0.25, 0.3) is 0 Å². The molecule has 0 aliphatic carbocycles. The van der Waals surface area contributed by atoms with Gasteiger partial charge in [0.25, 0.3) is 0 Å². The van der Waals surface area contributed by atoms with Crippen LogP contribution in [0.2, 0.25) is 0 Å². The molecule has 0 heterocycles. The molecule has 0 spiro atoms. The molecule has 0 bridgehead atoms. The maximum atomic E-state index is 11.6. The molecule has 0 aliphatic heterocycles. The maximum Gasteiger partial charge on any atom is 0.311 e. The van der Waals surface area contributed by atoms with Crippen LogP contribution in [0, 0.1) is 20.8 Å². The minimum Gasteiger partial charge on any atom is -0.481 e. The van der Waals surface area contributed by atoms with Gasteiger partial charge in [0.15, 0.2) is 0 Å². The predicted molar refractivity (Wildman–Crippen MR) is 81.2 cm³/mol. The van der Waals surface area contributed by atoms with Crippen LogP contribution in [0.5, 0.6) is 0 Å². The van der Waals surface area contributed by atoms with Crippen molar-refractivity contribution in [2.45, 2.75) is 33.1 Å². The van der Waals surface area contributed by atoms with Gasteiger partial charge in [0.05, 0.1) is 5.92 Å². The Hall–Kier alpha value is -2.09. The molecule has 1 unspecified atom stereocenters. The van der Waals surface area contributed by atoms with E-state index in [-0.39, 0.29) is 0 Å². The van der Waals surface area contributed by atoms with E-state index in [2.05, 4.69) is 18.2 Å². The molecule has 1 atom stereocenters. The van der Waals surface area contributed by atoms with E-state index in [1.54, 1.807) is 0 Å². The van der Waals surface area contributed by atoms with Crippen molar-refractivity contribution in [1.29, 1.82) is 0 Å². The fraction of sp³-hybridized carbons (Fsp3) is 0.278. The molecule has 0 fully saturated rings. The third-order valence-electron chi connectivity index (χ3n) is 3.46. The van der Waals surface area contributed by atoms with Crippen molar-refractivity contribution < 1.29 is 9.90 Å². The van der Waals surface area contributed by atoms with E-state index >= 15 is 0 Å². The summed E-state index contributed by atoms with van der Waals surface area (Å²) in [5, 5.41) is 9.52. The Balaban J connectivity index is 2.33. The van der Waals surface area contributed by atoms with E-state index in [1.165, 1.54) is 11.1 Å². The summed E-state index contributed by atoms with van der Waals surface area (Å²) in [5.74, 6) is -1.26. The van der Waals surface area contributed by atoms with Crippen LogP contribution in [0.15, 0.2) is 42.5 Å². The molecule has 104 valence electrons. The van der Waals surface area contributed by atoms with Crippen molar-refractivity contribution in [2.75, 3.05) is 0 Å². The maximum absolute atomic E-state index is 11.6. The zero-order chi connectivity index (χ0) is 14.7. The number of carboxylic acids is 1. The second-order valence-electron chi connectivity index (χ2n) is 5.51. The van der Waals surface area contributed by atoms with Crippen molar-refractivity contribution in [3.05, 3.63) is 70.3 Å². The van der Waals surface area contributed by atoms with Crippen molar-refractivity contribution in [1.82, 2.24) is 0 Å². The van der Waals surface area contributed by atoms with Crippen LogP contribution in [0.4, 0.5) is 0 Å². The largest absolute Gasteiger partial charge is 0.481 e. The summed E-state index contributed by atoms with van der Waals surface area (Å²) >= 11 is 0. The third-order valence-corrected chi connectivity index (χ3v) is 3.46.